The molecule has 0 unspecified atom stereocenters. The lowest BCUT2D eigenvalue weighted by molar-refractivity contribution is 0.415. The highest BCUT2D eigenvalue weighted by molar-refractivity contribution is 6.35. The maximum atomic E-state index is 6.62. The average Bonchev–Trinajstić information content (AvgIpc) is 3.43. The van der Waals surface area contributed by atoms with Gasteiger partial charge in [0.05, 0.1) is 35.1 Å². The van der Waals surface area contributed by atoms with E-state index in [1.165, 1.54) is 5.56 Å². The highest BCUT2D eigenvalue weighted by atomic mass is 35.5. The SMILES string of the molecule is COc1ccc(-c2c(C)c(-c3ncc(C4(c5ccc(Cl)cc5)CC4)o3)nn2-c2ccc(Cl)cc2Cl)cc1. The molecule has 0 aliphatic heterocycles. The molecule has 0 amide bonds. The van der Waals surface area contributed by atoms with Crippen molar-refractivity contribution in [1.82, 2.24) is 14.8 Å². The molecule has 2 heterocycles. The number of oxazole rings is 1. The first-order valence-electron chi connectivity index (χ1n) is 11.8. The van der Waals surface area contributed by atoms with E-state index < -0.39 is 0 Å². The van der Waals surface area contributed by atoms with Crippen molar-refractivity contribution < 1.29 is 9.15 Å². The minimum Gasteiger partial charge on any atom is -0.497 e. The Morgan fingerprint density at radius 2 is 1.62 bits per heavy atom. The van der Waals surface area contributed by atoms with E-state index in [0.29, 0.717) is 32.3 Å². The fourth-order valence-electron chi connectivity index (χ4n) is 4.79. The zero-order valence-corrected chi connectivity index (χ0v) is 22.4. The summed E-state index contributed by atoms with van der Waals surface area (Å²) in [5.74, 6) is 2.06. The fourth-order valence-corrected chi connectivity index (χ4v) is 5.40. The fraction of sp³-hybridized carbons (Fsp3) is 0.172. The van der Waals surface area contributed by atoms with Crippen LogP contribution in [0.2, 0.25) is 15.1 Å². The molecule has 0 bridgehead atoms. The van der Waals surface area contributed by atoms with E-state index in [4.69, 9.17) is 49.1 Å². The van der Waals surface area contributed by atoms with Crippen LogP contribution in [0, 0.1) is 6.92 Å². The van der Waals surface area contributed by atoms with Crippen LogP contribution in [0.25, 0.3) is 28.5 Å². The molecule has 0 atom stereocenters. The van der Waals surface area contributed by atoms with Crippen LogP contribution in [-0.4, -0.2) is 21.9 Å². The molecule has 186 valence electrons. The molecule has 1 saturated carbocycles. The summed E-state index contributed by atoms with van der Waals surface area (Å²) in [5, 5.41) is 6.70. The van der Waals surface area contributed by atoms with Gasteiger partial charge in [-0.2, -0.15) is 5.10 Å². The van der Waals surface area contributed by atoms with Crippen LogP contribution in [-0.2, 0) is 5.41 Å². The Morgan fingerprint density at radius 3 is 2.27 bits per heavy atom. The predicted octanol–water partition coefficient (Wildman–Crippen LogP) is 8.55. The lowest BCUT2D eigenvalue weighted by atomic mass is 9.94. The molecule has 0 N–H and O–H groups in total. The number of ether oxygens (including phenoxy) is 1. The molecule has 8 heteroatoms. The molecule has 5 nitrogen and oxygen atoms in total. The van der Waals surface area contributed by atoms with Crippen molar-refractivity contribution in [2.45, 2.75) is 25.2 Å². The highest BCUT2D eigenvalue weighted by Crippen LogP contribution is 2.54. The number of hydrogen-bond donors (Lipinski definition) is 0. The summed E-state index contributed by atoms with van der Waals surface area (Å²) >= 11 is 18.9. The predicted molar refractivity (Wildman–Crippen MR) is 147 cm³/mol. The van der Waals surface area contributed by atoms with Crippen LogP contribution in [0.5, 0.6) is 5.75 Å². The van der Waals surface area contributed by atoms with Gasteiger partial charge in [-0.15, -0.1) is 0 Å². The molecule has 6 rings (SSSR count). The number of nitrogens with zero attached hydrogens (tertiary/aromatic N) is 3. The third kappa shape index (κ3) is 4.21. The number of hydrogen-bond acceptors (Lipinski definition) is 4. The molecule has 1 aliphatic carbocycles. The highest BCUT2D eigenvalue weighted by Gasteiger charge is 2.49. The van der Waals surface area contributed by atoms with Gasteiger partial charge in [-0.1, -0.05) is 46.9 Å². The lowest BCUT2D eigenvalue weighted by Gasteiger charge is -2.12. The molecule has 0 radical (unpaired) electrons. The Morgan fingerprint density at radius 1 is 0.919 bits per heavy atom. The van der Waals surface area contributed by atoms with Gasteiger partial charge >= 0.3 is 0 Å². The molecule has 1 fully saturated rings. The zero-order chi connectivity index (χ0) is 25.7. The third-order valence-electron chi connectivity index (χ3n) is 6.95. The van der Waals surface area contributed by atoms with Crippen LogP contribution < -0.4 is 4.74 Å². The topological polar surface area (TPSA) is 53.1 Å². The van der Waals surface area contributed by atoms with E-state index in [0.717, 1.165) is 41.2 Å². The number of methoxy groups -OCH3 is 1. The van der Waals surface area contributed by atoms with Gasteiger partial charge in [-0.3, -0.25) is 0 Å². The second-order valence-corrected chi connectivity index (χ2v) is 10.5. The van der Waals surface area contributed by atoms with E-state index in [9.17, 15) is 0 Å². The number of aromatic nitrogens is 3. The van der Waals surface area contributed by atoms with Crippen molar-refractivity contribution in [3.8, 4) is 34.3 Å². The summed E-state index contributed by atoms with van der Waals surface area (Å²) in [6.07, 6.45) is 3.81. The smallest absolute Gasteiger partial charge is 0.247 e. The van der Waals surface area contributed by atoms with Gasteiger partial charge in [-0.25, -0.2) is 9.67 Å². The molecular weight excluding hydrogens is 529 g/mol. The quantitative estimate of drug-likeness (QED) is 0.212. The second-order valence-electron chi connectivity index (χ2n) is 9.18. The summed E-state index contributed by atoms with van der Waals surface area (Å²) in [6.45, 7) is 2.01. The van der Waals surface area contributed by atoms with Crippen molar-refractivity contribution in [2.75, 3.05) is 7.11 Å². The Labute approximate surface area is 229 Å². The molecule has 3 aromatic carbocycles. The first-order chi connectivity index (χ1) is 17.9. The first kappa shape index (κ1) is 24.1. The summed E-state index contributed by atoms with van der Waals surface area (Å²) in [6, 6.07) is 21.1. The van der Waals surface area contributed by atoms with Gasteiger partial charge < -0.3 is 9.15 Å². The van der Waals surface area contributed by atoms with Gasteiger partial charge in [0.15, 0.2) is 5.69 Å². The minimum absolute atomic E-state index is 0.176. The summed E-state index contributed by atoms with van der Waals surface area (Å²) < 4.78 is 13.6. The maximum absolute atomic E-state index is 6.62. The Balaban J connectivity index is 1.47. The van der Waals surface area contributed by atoms with Crippen molar-refractivity contribution in [3.05, 3.63) is 105 Å². The summed E-state index contributed by atoms with van der Waals surface area (Å²) in [4.78, 5) is 4.66. The Bertz CT molecular complexity index is 1600. The van der Waals surface area contributed by atoms with Gasteiger partial charge in [0.25, 0.3) is 0 Å². The molecule has 0 spiro atoms. The second kappa shape index (κ2) is 9.25. The molecule has 37 heavy (non-hydrogen) atoms. The lowest BCUT2D eigenvalue weighted by Crippen LogP contribution is -2.06. The van der Waals surface area contributed by atoms with Crippen LogP contribution in [0.4, 0.5) is 0 Å². The normalized spacial score (nSPS) is 14.1. The van der Waals surface area contributed by atoms with Gasteiger partial charge in [0, 0.05) is 21.2 Å². The summed E-state index contributed by atoms with van der Waals surface area (Å²) in [5.41, 5.74) is 5.10. The van der Waals surface area contributed by atoms with Crippen molar-refractivity contribution in [1.29, 1.82) is 0 Å². The zero-order valence-electron chi connectivity index (χ0n) is 20.1. The van der Waals surface area contributed by atoms with E-state index in [1.807, 2.05) is 60.3 Å². The Kier molecular flexibility index (Phi) is 6.03. The minimum atomic E-state index is -0.176. The van der Waals surface area contributed by atoms with Gasteiger partial charge in [0.1, 0.15) is 11.5 Å². The molecular formula is C29H22Cl3N3O2. The monoisotopic (exact) mass is 549 g/mol. The van der Waals surface area contributed by atoms with Crippen molar-refractivity contribution >= 4 is 34.8 Å². The number of rotatable bonds is 6. The molecule has 1 aliphatic rings. The van der Waals surface area contributed by atoms with E-state index in [1.54, 1.807) is 19.2 Å². The van der Waals surface area contributed by atoms with Crippen molar-refractivity contribution in [3.63, 3.8) is 0 Å². The van der Waals surface area contributed by atoms with E-state index >= 15 is 0 Å². The number of benzene rings is 3. The molecule has 0 saturated heterocycles. The van der Waals surface area contributed by atoms with E-state index in [-0.39, 0.29) is 5.41 Å². The van der Waals surface area contributed by atoms with Gasteiger partial charge in [-0.05, 0) is 79.9 Å². The molecule has 2 aromatic heterocycles. The van der Waals surface area contributed by atoms with Crippen LogP contribution in [0.3, 0.4) is 0 Å². The van der Waals surface area contributed by atoms with Gasteiger partial charge in [0.2, 0.25) is 5.89 Å². The maximum Gasteiger partial charge on any atom is 0.247 e. The van der Waals surface area contributed by atoms with Crippen LogP contribution >= 0.6 is 34.8 Å². The Hall–Kier alpha value is -3.25. The van der Waals surface area contributed by atoms with Crippen LogP contribution in [0.1, 0.15) is 29.7 Å². The average molecular weight is 551 g/mol. The van der Waals surface area contributed by atoms with E-state index in [2.05, 4.69) is 17.1 Å². The first-order valence-corrected chi connectivity index (χ1v) is 13.0. The third-order valence-corrected chi connectivity index (χ3v) is 7.74. The van der Waals surface area contributed by atoms with Crippen LogP contribution in [0.15, 0.2) is 77.3 Å². The summed E-state index contributed by atoms with van der Waals surface area (Å²) in [7, 11) is 1.65. The molecule has 5 aromatic rings. The standard InChI is InChI=1S/C29H22Cl3N3O2/c1-17-26(28-33-16-25(37-28)29(13-14-29)19-5-7-20(30)8-6-19)34-35(24-12-9-21(31)15-23(24)32)27(17)18-3-10-22(36-2)11-4-18/h3-12,15-16H,13-14H2,1-2H3. The van der Waals surface area contributed by atoms with Crippen molar-refractivity contribution in [2.24, 2.45) is 0 Å². The number of halogens is 3. The largest absolute Gasteiger partial charge is 0.497 e.